The van der Waals surface area contributed by atoms with Gasteiger partial charge >= 0.3 is 0 Å². The fraction of sp³-hybridized carbons (Fsp3) is 0.280. The smallest absolute Gasteiger partial charge is 0.172 e. The number of fused-ring (bicyclic) bond motifs is 1. The molecule has 0 N–H and O–H groups in total. The number of halogens is 2. The van der Waals surface area contributed by atoms with Crippen LogP contribution in [-0.2, 0) is 4.84 Å². The van der Waals surface area contributed by atoms with Gasteiger partial charge in [-0.05, 0) is 72.9 Å². The summed E-state index contributed by atoms with van der Waals surface area (Å²) in [7, 11) is 1.68. The summed E-state index contributed by atoms with van der Waals surface area (Å²) in [6, 6.07) is 11.8. The number of nitrogens with zero attached hydrogens (tertiary/aromatic N) is 4. The Morgan fingerprint density at radius 1 is 1.15 bits per heavy atom. The van der Waals surface area contributed by atoms with Crippen LogP contribution in [0.4, 0.5) is 0 Å². The van der Waals surface area contributed by atoms with Gasteiger partial charge in [0.05, 0.1) is 30.9 Å². The minimum atomic E-state index is 0.0128. The molecule has 33 heavy (non-hydrogen) atoms. The Hall–Kier alpha value is -2.96. The highest BCUT2D eigenvalue weighted by Gasteiger charge is 2.33. The molecular weight excluding hydrogens is 459 g/mol. The van der Waals surface area contributed by atoms with Crippen LogP contribution in [0.1, 0.15) is 35.7 Å². The highest BCUT2D eigenvalue weighted by Crippen LogP contribution is 2.35. The molecule has 1 saturated heterocycles. The van der Waals surface area contributed by atoms with Crippen LogP contribution in [0.15, 0.2) is 59.7 Å². The third kappa shape index (κ3) is 4.45. The maximum atomic E-state index is 6.26. The first-order chi connectivity index (χ1) is 16.0. The number of imidazole rings is 1. The van der Waals surface area contributed by atoms with Gasteiger partial charge in [0.15, 0.2) is 5.84 Å². The van der Waals surface area contributed by atoms with Gasteiger partial charge in [-0.15, -0.1) is 0 Å². The zero-order valence-corrected chi connectivity index (χ0v) is 20.0. The summed E-state index contributed by atoms with van der Waals surface area (Å²) >= 11 is 12.5. The Balaban J connectivity index is 1.46. The van der Waals surface area contributed by atoms with Gasteiger partial charge in [0.1, 0.15) is 12.4 Å². The van der Waals surface area contributed by atoms with E-state index in [1.165, 1.54) is 0 Å². The molecule has 0 bridgehead atoms. The zero-order chi connectivity index (χ0) is 22.9. The number of rotatable bonds is 4. The number of aromatic nitrogens is 2. The molecule has 0 aliphatic carbocycles. The van der Waals surface area contributed by atoms with Gasteiger partial charge in [0.25, 0.3) is 0 Å². The van der Waals surface area contributed by atoms with E-state index < -0.39 is 0 Å². The van der Waals surface area contributed by atoms with E-state index >= 15 is 0 Å². The number of hydrogen-bond acceptors (Lipinski definition) is 5. The molecule has 2 aliphatic heterocycles. The Morgan fingerprint density at radius 2 is 1.97 bits per heavy atom. The molecule has 2 aliphatic rings. The van der Waals surface area contributed by atoms with E-state index in [-0.39, 0.29) is 6.04 Å². The van der Waals surface area contributed by atoms with E-state index in [1.807, 2.05) is 42.0 Å². The van der Waals surface area contributed by atoms with E-state index in [2.05, 4.69) is 27.2 Å². The summed E-state index contributed by atoms with van der Waals surface area (Å²) in [5, 5.41) is 5.66. The molecule has 1 fully saturated rings. The molecule has 1 unspecified atom stereocenters. The van der Waals surface area contributed by atoms with Crippen molar-refractivity contribution in [2.45, 2.75) is 25.8 Å². The van der Waals surface area contributed by atoms with Gasteiger partial charge in [-0.1, -0.05) is 34.4 Å². The number of ether oxygens (including phenoxy) is 1. The Labute approximate surface area is 203 Å². The molecule has 5 rings (SSSR count). The van der Waals surface area contributed by atoms with Crippen molar-refractivity contribution in [3.8, 4) is 11.4 Å². The number of oxime groups is 1. The van der Waals surface area contributed by atoms with Gasteiger partial charge in [-0.2, -0.15) is 0 Å². The second-order valence-electron chi connectivity index (χ2n) is 8.25. The van der Waals surface area contributed by atoms with Gasteiger partial charge in [0.2, 0.25) is 0 Å². The van der Waals surface area contributed by atoms with Crippen LogP contribution in [0.2, 0.25) is 10.0 Å². The lowest BCUT2D eigenvalue weighted by atomic mass is 9.96. The van der Waals surface area contributed by atoms with E-state index in [1.54, 1.807) is 19.5 Å². The van der Waals surface area contributed by atoms with Crippen molar-refractivity contribution < 1.29 is 9.57 Å². The van der Waals surface area contributed by atoms with Crippen LogP contribution >= 0.6 is 23.2 Å². The molecular formula is C25H24Cl2N4O2. The van der Waals surface area contributed by atoms with Crippen molar-refractivity contribution >= 4 is 35.1 Å². The van der Waals surface area contributed by atoms with Crippen molar-refractivity contribution in [2.75, 3.05) is 20.3 Å². The second-order valence-corrected chi connectivity index (χ2v) is 9.12. The molecule has 0 radical (unpaired) electrons. The van der Waals surface area contributed by atoms with Gasteiger partial charge in [-0.3, -0.25) is 0 Å². The number of amidine groups is 1. The highest BCUT2D eigenvalue weighted by molar-refractivity contribution is 6.34. The Morgan fingerprint density at radius 3 is 2.70 bits per heavy atom. The molecule has 6 nitrogen and oxygen atoms in total. The number of hydrogen-bond donors (Lipinski definition) is 0. The summed E-state index contributed by atoms with van der Waals surface area (Å²) in [5.41, 5.74) is 5.10. The summed E-state index contributed by atoms with van der Waals surface area (Å²) < 4.78 is 7.64. The van der Waals surface area contributed by atoms with Crippen LogP contribution < -0.4 is 4.74 Å². The lowest BCUT2D eigenvalue weighted by Gasteiger charge is -2.40. The first-order valence-electron chi connectivity index (χ1n) is 10.8. The number of piperidine rings is 1. The fourth-order valence-electron chi connectivity index (χ4n) is 4.45. The molecule has 3 heterocycles. The topological polar surface area (TPSA) is 51.9 Å². The van der Waals surface area contributed by atoms with Crippen LogP contribution in [-0.4, -0.2) is 40.5 Å². The highest BCUT2D eigenvalue weighted by atomic mass is 35.5. The van der Waals surface area contributed by atoms with Crippen molar-refractivity contribution in [2.24, 2.45) is 5.16 Å². The van der Waals surface area contributed by atoms with Crippen molar-refractivity contribution in [3.05, 3.63) is 81.4 Å². The lowest BCUT2D eigenvalue weighted by molar-refractivity contribution is 0.0575. The molecule has 170 valence electrons. The molecule has 1 atom stereocenters. The van der Waals surface area contributed by atoms with Gasteiger partial charge in [-0.25, -0.2) is 4.98 Å². The Bertz CT molecular complexity index is 1230. The Kier molecular flexibility index (Phi) is 6.04. The van der Waals surface area contributed by atoms with Crippen LogP contribution in [0.5, 0.6) is 5.75 Å². The van der Waals surface area contributed by atoms with Gasteiger partial charge < -0.3 is 19.0 Å². The maximum Gasteiger partial charge on any atom is 0.172 e. The fourth-order valence-corrected chi connectivity index (χ4v) is 4.99. The quantitative estimate of drug-likeness (QED) is 0.453. The molecule has 0 spiro atoms. The standard InChI is InChI=1S/C25H24Cl2N4O2/c1-16-13-30(15-28-16)22-6-5-17(9-24(22)32-2)8-18-4-3-7-31-23(14-33-29-25(18)31)19-10-20(26)12-21(27)11-19/h5-6,8-13,15,23H,3-4,7,14H2,1-2H3. The summed E-state index contributed by atoms with van der Waals surface area (Å²) in [4.78, 5) is 12.3. The minimum Gasteiger partial charge on any atom is -0.495 e. The minimum absolute atomic E-state index is 0.0128. The summed E-state index contributed by atoms with van der Waals surface area (Å²) in [6.07, 6.45) is 7.88. The van der Waals surface area contributed by atoms with Crippen LogP contribution in [0, 0.1) is 6.92 Å². The maximum absolute atomic E-state index is 6.26. The molecule has 8 heteroatoms. The van der Waals surface area contributed by atoms with E-state index in [9.17, 15) is 0 Å². The predicted octanol–water partition coefficient (Wildman–Crippen LogP) is 6.06. The third-order valence-electron chi connectivity index (χ3n) is 5.97. The molecule has 3 aromatic rings. The molecule has 1 aromatic heterocycles. The predicted molar refractivity (Wildman–Crippen MR) is 131 cm³/mol. The second kappa shape index (κ2) is 9.12. The van der Waals surface area contributed by atoms with E-state index in [0.29, 0.717) is 16.7 Å². The lowest BCUT2D eigenvalue weighted by Crippen LogP contribution is -2.44. The number of methoxy groups -OCH3 is 1. The number of benzene rings is 2. The van der Waals surface area contributed by atoms with Gasteiger partial charge in [0, 0.05) is 22.8 Å². The van der Waals surface area contributed by atoms with E-state index in [4.69, 9.17) is 32.8 Å². The van der Waals surface area contributed by atoms with Crippen molar-refractivity contribution in [1.29, 1.82) is 0 Å². The van der Waals surface area contributed by atoms with E-state index in [0.717, 1.165) is 59.1 Å². The molecule has 0 saturated carbocycles. The normalized spacial score (nSPS) is 19.2. The third-order valence-corrected chi connectivity index (χ3v) is 6.40. The summed E-state index contributed by atoms with van der Waals surface area (Å²) in [5.74, 6) is 1.64. The van der Waals surface area contributed by atoms with Crippen molar-refractivity contribution in [1.82, 2.24) is 14.5 Å². The average Bonchev–Trinajstić information content (AvgIpc) is 3.24. The monoisotopic (exact) mass is 482 g/mol. The largest absolute Gasteiger partial charge is 0.495 e. The van der Waals surface area contributed by atoms with Crippen LogP contribution in [0.3, 0.4) is 0 Å². The SMILES string of the molecule is COc1cc(C=C2CCCN3C2=NOCC3c2cc(Cl)cc(Cl)c2)ccc1-n1cnc(C)c1. The average molecular weight is 483 g/mol. The zero-order valence-electron chi connectivity index (χ0n) is 18.5. The first kappa shape index (κ1) is 21.9. The number of aryl methyl sites for hydroxylation is 1. The molecule has 0 amide bonds. The summed E-state index contributed by atoms with van der Waals surface area (Å²) in [6.45, 7) is 3.32. The van der Waals surface area contributed by atoms with Crippen LogP contribution in [0.25, 0.3) is 11.8 Å². The van der Waals surface area contributed by atoms with Crippen molar-refractivity contribution in [3.63, 3.8) is 0 Å². The molecule has 2 aromatic carbocycles. The first-order valence-corrected chi connectivity index (χ1v) is 11.6.